The van der Waals surface area contributed by atoms with Crippen molar-refractivity contribution in [2.24, 2.45) is 5.92 Å². The van der Waals surface area contributed by atoms with Crippen LogP contribution in [0.1, 0.15) is 26.2 Å². The van der Waals surface area contributed by atoms with E-state index in [1.54, 1.807) is 12.5 Å². The van der Waals surface area contributed by atoms with Gasteiger partial charge in [0.2, 0.25) is 5.91 Å². The summed E-state index contributed by atoms with van der Waals surface area (Å²) in [5, 5.41) is 7.93. The van der Waals surface area contributed by atoms with Gasteiger partial charge < -0.3 is 14.7 Å². The van der Waals surface area contributed by atoms with Crippen LogP contribution in [-0.2, 0) is 4.79 Å². The average molecular weight is 357 g/mol. The topological polar surface area (TPSA) is 81.2 Å². The first-order valence-electron chi connectivity index (χ1n) is 9.63. The van der Waals surface area contributed by atoms with Crippen molar-refractivity contribution in [1.29, 1.82) is 0 Å². The molecule has 2 aromatic rings. The number of carbonyl (C=O) groups is 1. The summed E-state index contributed by atoms with van der Waals surface area (Å²) in [5.41, 5.74) is 0.776. The van der Waals surface area contributed by atoms with Gasteiger partial charge in [0.1, 0.15) is 12.1 Å². The number of amides is 1. The number of rotatable bonds is 4. The zero-order valence-corrected chi connectivity index (χ0v) is 15.4. The third kappa shape index (κ3) is 3.51. The van der Waals surface area contributed by atoms with Crippen LogP contribution in [-0.4, -0.2) is 81.7 Å². The maximum Gasteiger partial charge on any atom is 0.222 e. The highest BCUT2D eigenvalue weighted by Gasteiger charge is 2.27. The normalized spacial score (nSPS) is 20.0. The third-order valence-electron chi connectivity index (χ3n) is 5.78. The molecule has 2 aliphatic heterocycles. The molecule has 0 radical (unpaired) electrons. The molecule has 4 rings (SSSR count). The number of likely N-dealkylation sites (N-methyl/N-ethyl adjacent to an activating group) is 1. The third-order valence-corrected chi connectivity index (χ3v) is 5.78. The summed E-state index contributed by atoms with van der Waals surface area (Å²) in [5.74, 6) is 1.76. The van der Waals surface area contributed by atoms with E-state index >= 15 is 0 Å². The lowest BCUT2D eigenvalue weighted by Gasteiger charge is -2.36. The van der Waals surface area contributed by atoms with Gasteiger partial charge in [-0.2, -0.15) is 5.10 Å². The zero-order valence-electron chi connectivity index (χ0n) is 15.4. The van der Waals surface area contributed by atoms with Crippen LogP contribution in [0.4, 0.5) is 5.82 Å². The molecule has 0 spiro atoms. The number of aromatic amines is 1. The first-order valence-corrected chi connectivity index (χ1v) is 9.63. The molecular weight excluding hydrogens is 330 g/mol. The molecule has 2 fully saturated rings. The van der Waals surface area contributed by atoms with Gasteiger partial charge in [0.05, 0.1) is 11.6 Å². The van der Waals surface area contributed by atoms with E-state index in [0.29, 0.717) is 18.2 Å². The number of hydrogen-bond donors (Lipinski definition) is 1. The van der Waals surface area contributed by atoms with E-state index in [1.165, 1.54) is 0 Å². The molecular formula is C18H27N7O. The number of aromatic nitrogens is 4. The van der Waals surface area contributed by atoms with Crippen molar-refractivity contribution in [2.45, 2.75) is 26.2 Å². The molecule has 0 bridgehead atoms. The zero-order chi connectivity index (χ0) is 17.9. The van der Waals surface area contributed by atoms with Crippen LogP contribution in [0.15, 0.2) is 12.5 Å². The molecule has 0 aliphatic carbocycles. The van der Waals surface area contributed by atoms with Gasteiger partial charge in [-0.1, -0.05) is 6.92 Å². The minimum Gasteiger partial charge on any atom is -0.356 e. The molecule has 2 aromatic heterocycles. The number of nitrogens with zero attached hydrogens (tertiary/aromatic N) is 6. The molecule has 0 saturated carbocycles. The number of piperazine rings is 1. The van der Waals surface area contributed by atoms with Gasteiger partial charge in [-0.3, -0.25) is 9.89 Å². The Labute approximate surface area is 153 Å². The fourth-order valence-corrected chi connectivity index (χ4v) is 4.04. The average Bonchev–Trinajstić information content (AvgIpc) is 3.17. The fraction of sp³-hybridized carbons (Fsp3) is 0.667. The van der Waals surface area contributed by atoms with Crippen LogP contribution < -0.4 is 4.90 Å². The number of H-pyrrole nitrogens is 1. The predicted molar refractivity (Wildman–Crippen MR) is 99.9 cm³/mol. The van der Waals surface area contributed by atoms with E-state index in [0.717, 1.165) is 75.5 Å². The van der Waals surface area contributed by atoms with Crippen molar-refractivity contribution in [1.82, 2.24) is 30.0 Å². The maximum absolute atomic E-state index is 12.6. The van der Waals surface area contributed by atoms with Crippen LogP contribution in [0.25, 0.3) is 11.0 Å². The van der Waals surface area contributed by atoms with Crippen LogP contribution in [0, 0.1) is 5.92 Å². The standard InChI is InChI=1S/C18H27N7O/c1-2-23-7-9-24(10-8-23)16(26)11-14-3-5-25(6-4-14)18-15-12-21-22-17(15)19-13-20-18/h12-14H,2-11H2,1H3,(H,19,20,21,22). The van der Waals surface area contributed by atoms with Crippen LogP contribution in [0.3, 0.4) is 0 Å². The second-order valence-corrected chi connectivity index (χ2v) is 7.28. The molecule has 0 atom stereocenters. The Kier molecular flexibility index (Phi) is 5.01. The molecule has 2 aliphatic rings. The monoisotopic (exact) mass is 357 g/mol. The van der Waals surface area contributed by atoms with Gasteiger partial charge in [0.25, 0.3) is 0 Å². The number of hydrogen-bond acceptors (Lipinski definition) is 6. The Bertz CT molecular complexity index is 745. The van der Waals surface area contributed by atoms with Crippen molar-refractivity contribution in [2.75, 3.05) is 50.7 Å². The van der Waals surface area contributed by atoms with E-state index in [-0.39, 0.29) is 0 Å². The molecule has 1 N–H and O–H groups in total. The van der Waals surface area contributed by atoms with Gasteiger partial charge in [-0.25, -0.2) is 9.97 Å². The Morgan fingerprint density at radius 2 is 1.92 bits per heavy atom. The largest absolute Gasteiger partial charge is 0.356 e. The SMILES string of the molecule is CCN1CCN(C(=O)CC2CCN(c3ncnc4[nH]ncc34)CC2)CC1. The van der Waals surface area contributed by atoms with Crippen molar-refractivity contribution in [3.05, 3.63) is 12.5 Å². The van der Waals surface area contributed by atoms with E-state index in [1.807, 2.05) is 0 Å². The molecule has 4 heterocycles. The second-order valence-electron chi connectivity index (χ2n) is 7.28. The molecule has 8 heteroatoms. The van der Waals surface area contributed by atoms with Crippen molar-refractivity contribution < 1.29 is 4.79 Å². The van der Waals surface area contributed by atoms with Gasteiger partial charge in [-0.15, -0.1) is 0 Å². The summed E-state index contributed by atoms with van der Waals surface area (Å²) in [4.78, 5) is 28.0. The fourth-order valence-electron chi connectivity index (χ4n) is 4.04. The molecule has 0 unspecified atom stereocenters. The number of anilines is 1. The Balaban J connectivity index is 1.30. The van der Waals surface area contributed by atoms with E-state index in [2.05, 4.69) is 41.8 Å². The highest BCUT2D eigenvalue weighted by Crippen LogP contribution is 2.28. The molecule has 1 amide bonds. The highest BCUT2D eigenvalue weighted by atomic mass is 16.2. The van der Waals surface area contributed by atoms with Crippen molar-refractivity contribution in [3.63, 3.8) is 0 Å². The van der Waals surface area contributed by atoms with Crippen LogP contribution in [0.5, 0.6) is 0 Å². The number of carbonyl (C=O) groups excluding carboxylic acids is 1. The lowest BCUT2D eigenvalue weighted by molar-refractivity contribution is -0.134. The first-order chi connectivity index (χ1) is 12.7. The summed E-state index contributed by atoms with van der Waals surface area (Å²) >= 11 is 0. The quantitative estimate of drug-likeness (QED) is 0.883. The minimum atomic E-state index is 0.332. The van der Waals surface area contributed by atoms with Gasteiger partial charge in [-0.05, 0) is 25.3 Å². The Morgan fingerprint density at radius 1 is 1.15 bits per heavy atom. The predicted octanol–water partition coefficient (Wildman–Crippen LogP) is 1.12. The van der Waals surface area contributed by atoms with Crippen molar-refractivity contribution in [3.8, 4) is 0 Å². The molecule has 140 valence electrons. The summed E-state index contributed by atoms with van der Waals surface area (Å²) in [6.07, 6.45) is 6.12. The Morgan fingerprint density at radius 3 is 2.65 bits per heavy atom. The first kappa shape index (κ1) is 17.2. The van der Waals surface area contributed by atoms with E-state index in [9.17, 15) is 4.79 Å². The smallest absolute Gasteiger partial charge is 0.222 e. The highest BCUT2D eigenvalue weighted by molar-refractivity contribution is 5.86. The van der Waals surface area contributed by atoms with Crippen molar-refractivity contribution >= 4 is 22.8 Å². The molecule has 2 saturated heterocycles. The summed E-state index contributed by atoms with van der Waals surface area (Å²) in [7, 11) is 0. The number of nitrogens with one attached hydrogen (secondary N) is 1. The van der Waals surface area contributed by atoms with Gasteiger partial charge in [0.15, 0.2) is 5.65 Å². The van der Waals surface area contributed by atoms with E-state index < -0.39 is 0 Å². The summed E-state index contributed by atoms with van der Waals surface area (Å²) < 4.78 is 0. The van der Waals surface area contributed by atoms with Gasteiger partial charge >= 0.3 is 0 Å². The molecule has 8 nitrogen and oxygen atoms in total. The maximum atomic E-state index is 12.6. The number of piperidine rings is 1. The molecule has 0 aromatic carbocycles. The summed E-state index contributed by atoms with van der Waals surface area (Å²) in [6, 6.07) is 0. The van der Waals surface area contributed by atoms with Crippen LogP contribution in [0.2, 0.25) is 0 Å². The second kappa shape index (κ2) is 7.57. The lowest BCUT2D eigenvalue weighted by atomic mass is 9.92. The summed E-state index contributed by atoms with van der Waals surface area (Å²) in [6.45, 7) is 8.89. The lowest BCUT2D eigenvalue weighted by Crippen LogP contribution is -2.49. The van der Waals surface area contributed by atoms with E-state index in [4.69, 9.17) is 0 Å². The molecule has 26 heavy (non-hydrogen) atoms. The minimum absolute atomic E-state index is 0.332. The number of fused-ring (bicyclic) bond motifs is 1. The Hall–Kier alpha value is -2.22. The van der Waals surface area contributed by atoms with Crippen LogP contribution >= 0.6 is 0 Å². The van der Waals surface area contributed by atoms with Gasteiger partial charge in [0, 0.05) is 45.7 Å².